The Labute approximate surface area is 367 Å². The molecule has 4 aromatic rings. The number of rotatable bonds is 4. The van der Waals surface area contributed by atoms with Gasteiger partial charge in [0.05, 0.1) is 22.0 Å². The molecule has 2 spiro atoms. The van der Waals surface area contributed by atoms with Crippen molar-refractivity contribution in [2.75, 3.05) is 26.4 Å². The van der Waals surface area contributed by atoms with Crippen molar-refractivity contribution < 1.29 is 146 Å². The van der Waals surface area contributed by atoms with E-state index in [2.05, 4.69) is 17.6 Å². The Morgan fingerprint density at radius 3 is 1.30 bits per heavy atom. The number of ether oxygens (including phenoxy) is 4. The van der Waals surface area contributed by atoms with Gasteiger partial charge in [-0.3, -0.25) is 0 Å². The molecule has 0 aromatic heterocycles. The number of fused-ring (bicyclic) bond motifs is 8. The van der Waals surface area contributed by atoms with E-state index in [0.29, 0.717) is 11.5 Å². The molecule has 0 amide bonds. The topological polar surface area (TPSA) is 124 Å². The van der Waals surface area contributed by atoms with Crippen LogP contribution in [-0.4, -0.2) is 54.3 Å². The maximum Gasteiger partial charge on any atom is 0.534 e. The summed E-state index contributed by atoms with van der Waals surface area (Å²) in [5, 5.41) is 0.782. The standard InChI is InChI=1S/C17H13F3O5S.C16H12F3O5PS.2Ar/c1-10-4-2-5-11-14(10)16(8-23-11)9-24-12-6-3-7-13(15(12)16)25-26(21,22)17(18,19)20;17-16(18,19)26(20,21)24-11-5-1-3-9-13(11)15(7-22-9)8-23-10-4-2-6-12(25)14(10)15;;/h2-7H,8-9H2,1H3;1-6H,7-8,25H2;;. The fourth-order valence-corrected chi connectivity index (χ4v) is 8.41. The molecule has 4 aliphatic heterocycles. The molecule has 0 radical (unpaired) electrons. The number of aryl methyl sites for hydroxylation is 1. The van der Waals surface area contributed by atoms with E-state index in [1.165, 1.54) is 24.3 Å². The summed E-state index contributed by atoms with van der Waals surface area (Å²) in [5.74, 6) is 0.889. The fraction of sp³-hybridized carbons (Fsp3) is 0.273. The molecule has 4 heterocycles. The second-order valence-corrected chi connectivity index (χ2v) is 15.9. The van der Waals surface area contributed by atoms with Gasteiger partial charge in [-0.15, -0.1) is 9.24 Å². The molecule has 3 unspecified atom stereocenters. The Morgan fingerprint density at radius 1 is 0.556 bits per heavy atom. The van der Waals surface area contributed by atoms with Gasteiger partial charge in [-0.05, 0) is 54.2 Å². The Hall–Kier alpha value is -1.89. The Balaban J connectivity index is 0.000000200. The van der Waals surface area contributed by atoms with Crippen LogP contribution in [0.2, 0.25) is 0 Å². The van der Waals surface area contributed by atoms with Crippen LogP contribution >= 0.6 is 9.24 Å². The number of alkyl halides is 6. The predicted molar refractivity (Wildman–Crippen MR) is 175 cm³/mol. The third-order valence-electron chi connectivity index (χ3n) is 9.05. The van der Waals surface area contributed by atoms with Crippen molar-refractivity contribution in [3.8, 4) is 34.5 Å². The van der Waals surface area contributed by atoms with Gasteiger partial charge >= 0.3 is 31.3 Å². The van der Waals surface area contributed by atoms with E-state index in [4.69, 9.17) is 18.9 Å². The fourth-order valence-electron chi connectivity index (χ4n) is 6.95. The van der Waals surface area contributed by atoms with Crippen LogP contribution in [0.1, 0.15) is 27.8 Å². The third-order valence-corrected chi connectivity index (χ3v) is 11.5. The molecule has 292 valence electrons. The van der Waals surface area contributed by atoms with Crippen molar-refractivity contribution in [3.05, 3.63) is 101 Å². The molecular formula is C33H25Ar2F6O10PS2. The van der Waals surface area contributed by atoms with Crippen LogP contribution in [0, 0.1) is 82.4 Å². The van der Waals surface area contributed by atoms with Crippen molar-refractivity contribution >= 4 is 34.8 Å². The summed E-state index contributed by atoms with van der Waals surface area (Å²) in [6.45, 7) is 2.29. The van der Waals surface area contributed by atoms with E-state index < -0.39 is 53.6 Å². The number of benzene rings is 4. The van der Waals surface area contributed by atoms with Crippen molar-refractivity contribution in [3.63, 3.8) is 0 Å². The number of hydrogen-bond acceptors (Lipinski definition) is 10. The second-order valence-electron chi connectivity index (χ2n) is 12.2. The van der Waals surface area contributed by atoms with Crippen molar-refractivity contribution in [1.82, 2.24) is 0 Å². The van der Waals surface area contributed by atoms with E-state index in [1.807, 2.05) is 19.1 Å². The summed E-state index contributed by atoms with van der Waals surface area (Å²) in [4.78, 5) is 0. The summed E-state index contributed by atoms with van der Waals surface area (Å²) in [5.41, 5.74) is -10.1. The molecule has 0 fully saturated rings. The molecule has 3 atom stereocenters. The first-order chi connectivity index (χ1) is 24.3. The molecule has 10 nitrogen and oxygen atoms in total. The van der Waals surface area contributed by atoms with Gasteiger partial charge in [0.1, 0.15) is 49.4 Å². The quantitative estimate of drug-likeness (QED) is 0.108. The second kappa shape index (κ2) is 15.1. The zero-order valence-corrected chi connectivity index (χ0v) is 31.4. The van der Waals surface area contributed by atoms with Gasteiger partial charge in [0.15, 0.2) is 11.5 Å². The molecule has 0 N–H and O–H groups in total. The molecule has 4 aliphatic rings. The zero-order valence-electron chi connectivity index (χ0n) is 27.2. The summed E-state index contributed by atoms with van der Waals surface area (Å²) in [6, 6.07) is 19.0. The molecule has 0 aliphatic carbocycles. The third kappa shape index (κ3) is 7.14. The Kier molecular flexibility index (Phi) is 12.1. The van der Waals surface area contributed by atoms with Crippen molar-refractivity contribution in [2.45, 2.75) is 28.8 Å². The van der Waals surface area contributed by atoms with Crippen LogP contribution in [0.5, 0.6) is 34.5 Å². The van der Waals surface area contributed by atoms with Gasteiger partial charge in [-0.25, -0.2) is 0 Å². The smallest absolute Gasteiger partial charge is 0.492 e. The minimum atomic E-state index is -5.81. The minimum absolute atomic E-state index is 0. The van der Waals surface area contributed by atoms with Crippen molar-refractivity contribution in [2.24, 2.45) is 0 Å². The number of hydrogen-bond donors (Lipinski definition) is 0. The summed E-state index contributed by atoms with van der Waals surface area (Å²) >= 11 is 0. The van der Waals surface area contributed by atoms with Crippen LogP contribution in [0.15, 0.2) is 72.8 Å². The Bertz CT molecular complexity index is 2170. The van der Waals surface area contributed by atoms with E-state index in [1.54, 1.807) is 36.4 Å². The maximum atomic E-state index is 12.8. The molecule has 0 saturated carbocycles. The minimum Gasteiger partial charge on any atom is -0.492 e. The monoisotopic (exact) mass is 870 g/mol. The zero-order chi connectivity index (χ0) is 37.5. The predicted octanol–water partition coefficient (Wildman–Crippen LogP) is 5.78. The summed E-state index contributed by atoms with van der Waals surface area (Å²) in [7, 11) is -9.06. The molecule has 4 aromatic carbocycles. The summed E-state index contributed by atoms with van der Waals surface area (Å²) < 4.78 is 154. The van der Waals surface area contributed by atoms with Gasteiger partial charge in [-0.1, -0.05) is 36.4 Å². The molecule has 0 bridgehead atoms. The van der Waals surface area contributed by atoms with Gasteiger partial charge in [-0.2, -0.15) is 43.2 Å². The van der Waals surface area contributed by atoms with Crippen LogP contribution in [0.3, 0.4) is 0 Å². The maximum absolute atomic E-state index is 12.8. The largest absolute Gasteiger partial charge is 0.534 e. The average Bonchev–Trinajstić information content (AvgIpc) is 3.83. The first-order valence-corrected chi connectivity index (χ1v) is 18.5. The number of halogens is 6. The van der Waals surface area contributed by atoms with Crippen LogP contribution in [0.4, 0.5) is 26.3 Å². The average molecular weight is 871 g/mol. The first-order valence-electron chi connectivity index (χ1n) is 15.1. The molecule has 54 heavy (non-hydrogen) atoms. The molecule has 8 rings (SSSR count). The van der Waals surface area contributed by atoms with E-state index in [-0.39, 0.29) is 125 Å². The van der Waals surface area contributed by atoms with Crippen LogP contribution in [0.25, 0.3) is 0 Å². The van der Waals surface area contributed by atoms with Gasteiger partial charge < -0.3 is 27.3 Å². The normalized spacial score (nSPS) is 20.3. The van der Waals surface area contributed by atoms with E-state index in [0.717, 1.165) is 22.0 Å². The van der Waals surface area contributed by atoms with Gasteiger partial charge in [0.2, 0.25) is 0 Å². The van der Waals surface area contributed by atoms with Crippen molar-refractivity contribution in [1.29, 1.82) is 0 Å². The molecular weight excluding hydrogens is 845 g/mol. The van der Waals surface area contributed by atoms with Gasteiger partial charge in [0, 0.05) is 86.6 Å². The van der Waals surface area contributed by atoms with Gasteiger partial charge in [0.25, 0.3) is 0 Å². The SMILES string of the molecule is Cc1cccc2c1C1(CO2)COc2cccc(OS(=O)(=O)C(F)(F)F)c21.O=S(=O)(Oc1cccc2c1C1(COc3cccc(P)c31)CO2)C(F)(F)F.[Ar].[Ar]. The summed E-state index contributed by atoms with van der Waals surface area (Å²) in [6.07, 6.45) is 0. The van der Waals surface area contributed by atoms with Crippen LogP contribution < -0.4 is 32.6 Å². The molecule has 21 heteroatoms. The van der Waals surface area contributed by atoms with Crippen LogP contribution in [-0.2, 0) is 31.1 Å². The van der Waals surface area contributed by atoms with E-state index >= 15 is 0 Å². The Morgan fingerprint density at radius 2 is 0.889 bits per heavy atom. The first kappa shape index (κ1) is 43.2. The van der Waals surface area contributed by atoms with E-state index in [9.17, 15) is 43.2 Å². The molecule has 0 saturated heterocycles.